The van der Waals surface area contributed by atoms with E-state index >= 15 is 0 Å². The van der Waals surface area contributed by atoms with E-state index in [0.29, 0.717) is 19.4 Å². The summed E-state index contributed by atoms with van der Waals surface area (Å²) < 4.78 is 16.5. The number of hydrogen-bond donors (Lipinski definition) is 2. The van der Waals surface area contributed by atoms with Crippen LogP contribution in [0.15, 0.2) is 18.2 Å². The van der Waals surface area contributed by atoms with E-state index in [-0.39, 0.29) is 43.0 Å². The van der Waals surface area contributed by atoms with E-state index in [1.807, 2.05) is 6.92 Å². The Morgan fingerprint density at radius 3 is 2.04 bits per heavy atom. The number of esters is 3. The van der Waals surface area contributed by atoms with Crippen LogP contribution in [0.4, 0.5) is 0 Å². The zero-order valence-electron chi connectivity index (χ0n) is 30.9. The second-order valence-corrected chi connectivity index (χ2v) is 13.3. The van der Waals surface area contributed by atoms with Gasteiger partial charge in [-0.3, -0.25) is 19.4 Å². The quantitative estimate of drug-likeness (QED) is 0.117. The van der Waals surface area contributed by atoms with Gasteiger partial charge in [0.25, 0.3) is 0 Å². The number of aryl methyl sites for hydroxylation is 3. The van der Waals surface area contributed by atoms with Crippen molar-refractivity contribution in [3.05, 3.63) is 68.8 Å². The van der Waals surface area contributed by atoms with Gasteiger partial charge in [0.15, 0.2) is 0 Å². The van der Waals surface area contributed by atoms with Crippen molar-refractivity contribution in [2.75, 3.05) is 13.2 Å². The molecular formula is C40H50N4O6. The molecule has 8 bridgehead atoms. The average molecular weight is 683 g/mol. The van der Waals surface area contributed by atoms with Crippen LogP contribution >= 0.6 is 0 Å². The number of carbonyl (C=O) groups is 3. The van der Waals surface area contributed by atoms with Gasteiger partial charge in [0.1, 0.15) is 6.61 Å². The molecule has 5 rings (SSSR count). The lowest BCUT2D eigenvalue weighted by Crippen LogP contribution is -2.11. The topological polar surface area (TPSA) is 136 Å². The first-order chi connectivity index (χ1) is 23.8. The highest BCUT2D eigenvalue weighted by atomic mass is 16.5. The molecule has 2 N–H and O–H groups in total. The van der Waals surface area contributed by atoms with Gasteiger partial charge in [-0.05, 0) is 92.5 Å². The lowest BCUT2D eigenvalue weighted by atomic mass is 9.85. The summed E-state index contributed by atoms with van der Waals surface area (Å²) in [5.41, 5.74) is 14.7. The summed E-state index contributed by atoms with van der Waals surface area (Å²) in [5.74, 6) is -1.03. The molecule has 5 heterocycles. The predicted molar refractivity (Wildman–Crippen MR) is 195 cm³/mol. The van der Waals surface area contributed by atoms with Gasteiger partial charge in [-0.1, -0.05) is 20.8 Å². The first-order valence-corrected chi connectivity index (χ1v) is 17.7. The van der Waals surface area contributed by atoms with E-state index in [2.05, 4.69) is 62.8 Å². The number of allylic oxidation sites excluding steroid dienone is 2. The molecule has 0 spiro atoms. The molecule has 0 aromatic carbocycles. The summed E-state index contributed by atoms with van der Waals surface area (Å²) in [6.45, 7) is 17.6. The van der Waals surface area contributed by atoms with E-state index in [4.69, 9.17) is 24.2 Å². The summed E-state index contributed by atoms with van der Waals surface area (Å²) in [5, 5.41) is 0. The van der Waals surface area contributed by atoms with Crippen molar-refractivity contribution in [1.29, 1.82) is 0 Å². The zero-order valence-corrected chi connectivity index (χ0v) is 30.9. The molecule has 3 aromatic rings. The Bertz CT molecular complexity index is 2020. The summed E-state index contributed by atoms with van der Waals surface area (Å²) in [6, 6.07) is 6.41. The lowest BCUT2D eigenvalue weighted by molar-refractivity contribution is -0.142. The third-order valence-corrected chi connectivity index (χ3v) is 10.1. The van der Waals surface area contributed by atoms with Crippen LogP contribution in [-0.4, -0.2) is 51.1 Å². The highest BCUT2D eigenvalue weighted by molar-refractivity contribution is 5.93. The largest absolute Gasteiger partial charge is 0.466 e. The van der Waals surface area contributed by atoms with Gasteiger partial charge in [0.05, 0.1) is 30.1 Å². The van der Waals surface area contributed by atoms with Crippen molar-refractivity contribution in [2.24, 2.45) is 0 Å². The van der Waals surface area contributed by atoms with Crippen molar-refractivity contribution < 1.29 is 28.6 Å². The Morgan fingerprint density at radius 1 is 0.740 bits per heavy atom. The number of aromatic amines is 2. The number of carbonyl (C=O) groups excluding carboxylic acids is 3. The standard InChI is InChI=1S/C40H50N4O6/c1-10-28-21(3)33-17-35-23(5)30(13-12-15-48-25(7)45)39(43-35)31(14-16-49-26(8)46)40-32(20-50-27(9)47)24(6)36(44-40)19-38-29(11-2)22(4)34(42-38)18-37(28)41-33/h17-19,23,30,41,44H,10-16,20H2,1-9H3/t23?,30-/m0/s1. The highest BCUT2D eigenvalue weighted by Gasteiger charge is 2.32. The molecule has 10 heteroatoms. The van der Waals surface area contributed by atoms with E-state index in [1.54, 1.807) is 0 Å². The average Bonchev–Trinajstić information content (AvgIpc) is 3.73. The molecule has 0 radical (unpaired) electrons. The molecule has 0 saturated carbocycles. The number of hydrogen-bond acceptors (Lipinski definition) is 8. The van der Waals surface area contributed by atoms with Crippen LogP contribution in [-0.2, 0) is 48.0 Å². The first kappa shape index (κ1) is 36.5. The number of aromatic nitrogens is 4. The van der Waals surface area contributed by atoms with Gasteiger partial charge >= 0.3 is 17.9 Å². The minimum atomic E-state index is -0.379. The fourth-order valence-electron chi connectivity index (χ4n) is 7.37. The molecule has 50 heavy (non-hydrogen) atoms. The lowest BCUT2D eigenvalue weighted by Gasteiger charge is -2.18. The SMILES string of the molecule is CCC1=C(C)c2cc3[nH]c(cc4nc(c(CCOC(C)=O)c5[nH]c(cc1n2)c(C)c5COC(C)=O)[C@@H](CCCOC(C)=O)C4C)c(C)c3CC. The van der Waals surface area contributed by atoms with Crippen LogP contribution < -0.4 is 0 Å². The highest BCUT2D eigenvalue weighted by Crippen LogP contribution is 2.43. The Labute approximate surface area is 294 Å². The van der Waals surface area contributed by atoms with Crippen molar-refractivity contribution in [1.82, 2.24) is 19.9 Å². The maximum absolute atomic E-state index is 12.1. The number of nitrogens with zero attached hydrogens (tertiary/aromatic N) is 2. The van der Waals surface area contributed by atoms with Crippen LogP contribution in [0.5, 0.6) is 0 Å². The van der Waals surface area contributed by atoms with Gasteiger partial charge in [0.2, 0.25) is 0 Å². The van der Waals surface area contributed by atoms with Crippen LogP contribution in [0.1, 0.15) is 130 Å². The van der Waals surface area contributed by atoms with Gasteiger partial charge in [-0.25, -0.2) is 4.98 Å². The van der Waals surface area contributed by atoms with Crippen LogP contribution in [0, 0.1) is 13.8 Å². The number of rotatable bonds is 11. The fourth-order valence-corrected chi connectivity index (χ4v) is 7.37. The molecule has 0 fully saturated rings. The molecule has 3 aromatic heterocycles. The molecule has 2 aliphatic heterocycles. The maximum Gasteiger partial charge on any atom is 0.302 e. The molecule has 10 nitrogen and oxygen atoms in total. The van der Waals surface area contributed by atoms with Crippen molar-refractivity contribution in [3.8, 4) is 0 Å². The molecular weight excluding hydrogens is 632 g/mol. The maximum atomic E-state index is 12.1. The smallest absolute Gasteiger partial charge is 0.302 e. The second-order valence-electron chi connectivity index (χ2n) is 13.3. The van der Waals surface area contributed by atoms with Crippen LogP contribution in [0.2, 0.25) is 0 Å². The van der Waals surface area contributed by atoms with Gasteiger partial charge in [0, 0.05) is 78.1 Å². The Morgan fingerprint density at radius 2 is 1.38 bits per heavy atom. The Kier molecular flexibility index (Phi) is 11.3. The fraction of sp³-hybridized carbons (Fsp3) is 0.475. The Balaban J connectivity index is 1.92. The van der Waals surface area contributed by atoms with Crippen molar-refractivity contribution in [3.63, 3.8) is 0 Å². The van der Waals surface area contributed by atoms with Crippen LogP contribution in [0.25, 0.3) is 33.2 Å². The van der Waals surface area contributed by atoms with Crippen LogP contribution in [0.3, 0.4) is 0 Å². The predicted octanol–water partition coefficient (Wildman–Crippen LogP) is 8.23. The van der Waals surface area contributed by atoms with Crippen molar-refractivity contribution >= 4 is 51.1 Å². The minimum absolute atomic E-state index is 0.0161. The molecule has 2 aliphatic rings. The summed E-state index contributed by atoms with van der Waals surface area (Å²) in [6.07, 6.45) is 3.46. The third-order valence-electron chi connectivity index (χ3n) is 10.1. The number of ether oxygens (including phenoxy) is 3. The molecule has 2 atom stereocenters. The van der Waals surface area contributed by atoms with E-state index in [9.17, 15) is 14.4 Å². The third kappa shape index (κ3) is 7.54. The van der Waals surface area contributed by atoms with E-state index in [1.165, 1.54) is 37.5 Å². The minimum Gasteiger partial charge on any atom is -0.466 e. The van der Waals surface area contributed by atoms with Gasteiger partial charge < -0.3 is 24.2 Å². The second kappa shape index (κ2) is 15.4. The van der Waals surface area contributed by atoms with Gasteiger partial charge in [-0.15, -0.1) is 0 Å². The van der Waals surface area contributed by atoms with Gasteiger partial charge in [-0.2, -0.15) is 0 Å². The van der Waals surface area contributed by atoms with E-state index in [0.717, 1.165) is 86.4 Å². The summed E-state index contributed by atoms with van der Waals surface area (Å²) in [4.78, 5) is 53.6. The normalized spacial score (nSPS) is 15.7. The molecule has 0 aliphatic carbocycles. The Hall–Kier alpha value is -4.73. The molecule has 0 amide bonds. The van der Waals surface area contributed by atoms with Crippen molar-refractivity contribution in [2.45, 2.75) is 113 Å². The van der Waals surface area contributed by atoms with E-state index < -0.39 is 0 Å². The molecule has 0 saturated heterocycles. The number of nitrogens with one attached hydrogen (secondary N) is 2. The first-order valence-electron chi connectivity index (χ1n) is 17.7. The molecule has 1 unspecified atom stereocenters. The molecule has 266 valence electrons. The summed E-state index contributed by atoms with van der Waals surface area (Å²) >= 11 is 0. The zero-order chi connectivity index (χ0) is 36.3. The number of H-pyrrole nitrogens is 2. The monoisotopic (exact) mass is 682 g/mol. The number of fused-ring (bicyclic) bond motifs is 8. The summed E-state index contributed by atoms with van der Waals surface area (Å²) in [7, 11) is 0.